The van der Waals surface area contributed by atoms with Crippen molar-refractivity contribution in [2.75, 3.05) is 32.6 Å². The third-order valence-electron chi connectivity index (χ3n) is 5.28. The molecule has 0 unspecified atom stereocenters. The largest absolute Gasteiger partial charge is 0.495 e. The zero-order valence-corrected chi connectivity index (χ0v) is 14.9. The van der Waals surface area contributed by atoms with Gasteiger partial charge >= 0.3 is 12.0 Å². The van der Waals surface area contributed by atoms with Crippen LogP contribution in [-0.4, -0.2) is 49.3 Å². The number of benzene rings is 1. The highest BCUT2D eigenvalue weighted by Crippen LogP contribution is 2.49. The molecule has 0 radical (unpaired) electrons. The minimum atomic E-state index is -0.805. The van der Waals surface area contributed by atoms with Crippen molar-refractivity contribution >= 4 is 29.3 Å². The highest BCUT2D eigenvalue weighted by atomic mass is 35.5. The maximum Gasteiger partial charge on any atom is 0.321 e. The molecule has 2 fully saturated rings. The van der Waals surface area contributed by atoms with Gasteiger partial charge in [-0.3, -0.25) is 4.79 Å². The molecule has 1 aromatic rings. The summed E-state index contributed by atoms with van der Waals surface area (Å²) in [5, 5.41) is 12.7. The van der Waals surface area contributed by atoms with E-state index in [1.165, 1.54) is 14.2 Å². The first kappa shape index (κ1) is 17.7. The normalized spacial score (nSPS) is 24.8. The van der Waals surface area contributed by atoms with Crippen molar-refractivity contribution in [3.8, 4) is 11.5 Å². The summed E-state index contributed by atoms with van der Waals surface area (Å²) in [5.41, 5.74) is -0.322. The number of anilines is 1. The molecule has 0 spiro atoms. The number of nitrogens with zero attached hydrogens (tertiary/aromatic N) is 1. The van der Waals surface area contributed by atoms with Crippen LogP contribution in [-0.2, 0) is 4.79 Å². The van der Waals surface area contributed by atoms with E-state index in [4.69, 9.17) is 21.1 Å². The Kier molecular flexibility index (Phi) is 4.69. The van der Waals surface area contributed by atoms with E-state index in [9.17, 15) is 14.7 Å². The summed E-state index contributed by atoms with van der Waals surface area (Å²) in [4.78, 5) is 25.9. The summed E-state index contributed by atoms with van der Waals surface area (Å²) in [7, 11) is 2.95. The van der Waals surface area contributed by atoms with Crippen LogP contribution in [0.25, 0.3) is 0 Å². The minimum Gasteiger partial charge on any atom is -0.495 e. The van der Waals surface area contributed by atoms with Crippen LogP contribution in [0.2, 0.25) is 5.02 Å². The highest BCUT2D eigenvalue weighted by molar-refractivity contribution is 6.33. The molecule has 0 bridgehead atoms. The average Bonchev–Trinajstić information content (AvgIpc) is 3.14. The Morgan fingerprint density at radius 1 is 1.32 bits per heavy atom. The van der Waals surface area contributed by atoms with Crippen LogP contribution in [0.15, 0.2) is 12.1 Å². The van der Waals surface area contributed by atoms with E-state index in [1.807, 2.05) is 0 Å². The lowest BCUT2D eigenvalue weighted by atomic mass is 9.81. The third kappa shape index (κ3) is 2.97. The van der Waals surface area contributed by atoms with Gasteiger partial charge in [0, 0.05) is 30.9 Å². The molecule has 1 aliphatic heterocycles. The van der Waals surface area contributed by atoms with Gasteiger partial charge in [0.05, 0.1) is 19.6 Å². The van der Waals surface area contributed by atoms with E-state index in [0.717, 1.165) is 12.8 Å². The van der Waals surface area contributed by atoms with Gasteiger partial charge in [0.2, 0.25) is 0 Å². The predicted octanol–water partition coefficient (Wildman–Crippen LogP) is 3.08. The molecule has 25 heavy (non-hydrogen) atoms. The quantitative estimate of drug-likeness (QED) is 0.852. The molecule has 2 atom stereocenters. The summed E-state index contributed by atoms with van der Waals surface area (Å²) in [6, 6.07) is 2.88. The molecule has 8 heteroatoms. The summed E-state index contributed by atoms with van der Waals surface area (Å²) < 4.78 is 10.4. The standard InChI is InChI=1S/C17H21ClN2O5/c1-24-12-6-11(7-13(25-2)14(12)18)19-16(23)20-8-10-4-3-5-17(10,9-20)15(21)22/h6-7,10H,3-5,8-9H2,1-2H3,(H,19,23)(H,21,22)/t10-,17+/m0/s1. The topological polar surface area (TPSA) is 88.1 Å². The van der Waals surface area contributed by atoms with Crippen molar-refractivity contribution in [2.24, 2.45) is 11.3 Å². The smallest absolute Gasteiger partial charge is 0.321 e. The SMILES string of the molecule is COc1cc(NC(=O)N2C[C@@H]3CCC[C@@]3(C(=O)O)C2)cc(OC)c1Cl. The lowest BCUT2D eigenvalue weighted by molar-refractivity contribution is -0.149. The number of carbonyl (C=O) groups excluding carboxylic acids is 1. The monoisotopic (exact) mass is 368 g/mol. The molecule has 3 rings (SSSR count). The number of urea groups is 1. The van der Waals surface area contributed by atoms with Crippen LogP contribution in [0, 0.1) is 11.3 Å². The van der Waals surface area contributed by atoms with Gasteiger partial charge in [-0.1, -0.05) is 18.0 Å². The van der Waals surface area contributed by atoms with Gasteiger partial charge in [0.15, 0.2) is 0 Å². The third-order valence-corrected chi connectivity index (χ3v) is 5.65. The van der Waals surface area contributed by atoms with Crippen LogP contribution in [0.5, 0.6) is 11.5 Å². The van der Waals surface area contributed by atoms with Crippen LogP contribution >= 0.6 is 11.6 Å². The van der Waals surface area contributed by atoms with Crippen molar-refractivity contribution in [2.45, 2.75) is 19.3 Å². The number of carboxylic acid groups (broad SMARTS) is 1. The molecule has 1 aliphatic carbocycles. The summed E-state index contributed by atoms with van der Waals surface area (Å²) in [5.74, 6) is -0.0154. The lowest BCUT2D eigenvalue weighted by Crippen LogP contribution is -2.38. The number of ether oxygens (including phenoxy) is 2. The van der Waals surface area contributed by atoms with Gasteiger partial charge in [-0.15, -0.1) is 0 Å². The van der Waals surface area contributed by atoms with Crippen LogP contribution < -0.4 is 14.8 Å². The van der Waals surface area contributed by atoms with Gasteiger partial charge in [0.1, 0.15) is 16.5 Å². The molecular formula is C17H21ClN2O5. The molecule has 7 nitrogen and oxygen atoms in total. The Balaban J connectivity index is 1.77. The second-order valence-electron chi connectivity index (χ2n) is 6.56. The van der Waals surface area contributed by atoms with E-state index in [0.29, 0.717) is 35.2 Å². The lowest BCUT2D eigenvalue weighted by Gasteiger charge is -2.23. The van der Waals surface area contributed by atoms with E-state index < -0.39 is 11.4 Å². The maximum absolute atomic E-state index is 12.6. The van der Waals surface area contributed by atoms with Gasteiger partial charge in [-0.05, 0) is 18.8 Å². The van der Waals surface area contributed by atoms with E-state index in [2.05, 4.69) is 5.32 Å². The van der Waals surface area contributed by atoms with E-state index in [-0.39, 0.29) is 18.5 Å². The molecular weight excluding hydrogens is 348 g/mol. The number of aliphatic carboxylic acids is 1. The van der Waals surface area contributed by atoms with Gasteiger partial charge in [-0.2, -0.15) is 0 Å². The fourth-order valence-electron chi connectivity index (χ4n) is 3.94. The van der Waals surface area contributed by atoms with E-state index >= 15 is 0 Å². The van der Waals surface area contributed by atoms with Crippen LogP contribution in [0.3, 0.4) is 0 Å². The first-order valence-corrected chi connectivity index (χ1v) is 8.50. The van der Waals surface area contributed by atoms with Crippen molar-refractivity contribution in [1.82, 2.24) is 4.90 Å². The summed E-state index contributed by atoms with van der Waals surface area (Å²) in [6.07, 6.45) is 2.37. The number of hydrogen-bond acceptors (Lipinski definition) is 4. The van der Waals surface area contributed by atoms with Crippen LogP contribution in [0.4, 0.5) is 10.5 Å². The minimum absolute atomic E-state index is 0.0186. The second-order valence-corrected chi connectivity index (χ2v) is 6.93. The molecule has 136 valence electrons. The maximum atomic E-state index is 12.6. The molecule has 2 amide bonds. The summed E-state index contributed by atoms with van der Waals surface area (Å²) >= 11 is 6.12. The molecule has 1 saturated heterocycles. The van der Waals surface area contributed by atoms with Gasteiger partial charge < -0.3 is 24.8 Å². The average molecular weight is 369 g/mol. The Bertz CT molecular complexity index is 685. The number of methoxy groups -OCH3 is 2. The highest BCUT2D eigenvalue weighted by Gasteiger charge is 2.55. The molecule has 1 aromatic carbocycles. The molecule has 2 N–H and O–H groups in total. The van der Waals surface area contributed by atoms with E-state index in [1.54, 1.807) is 17.0 Å². The number of hydrogen-bond donors (Lipinski definition) is 2. The molecule has 1 heterocycles. The number of amides is 2. The number of halogens is 1. The van der Waals surface area contributed by atoms with Crippen molar-refractivity contribution < 1.29 is 24.2 Å². The number of nitrogens with one attached hydrogen (secondary N) is 1. The Morgan fingerprint density at radius 3 is 2.48 bits per heavy atom. The fourth-order valence-corrected chi connectivity index (χ4v) is 4.20. The Morgan fingerprint density at radius 2 is 1.96 bits per heavy atom. The number of carbonyl (C=O) groups is 2. The zero-order valence-electron chi connectivity index (χ0n) is 14.2. The second kappa shape index (κ2) is 6.63. The van der Waals surface area contributed by atoms with Gasteiger partial charge in [0.25, 0.3) is 0 Å². The van der Waals surface area contributed by atoms with Gasteiger partial charge in [-0.25, -0.2) is 4.79 Å². The van der Waals surface area contributed by atoms with Crippen molar-refractivity contribution in [3.05, 3.63) is 17.2 Å². The first-order chi connectivity index (χ1) is 11.9. The number of fused-ring (bicyclic) bond motifs is 1. The first-order valence-electron chi connectivity index (χ1n) is 8.12. The molecule has 0 aromatic heterocycles. The molecule has 2 aliphatic rings. The molecule has 1 saturated carbocycles. The number of rotatable bonds is 4. The Labute approximate surface area is 150 Å². The van der Waals surface area contributed by atoms with Crippen molar-refractivity contribution in [1.29, 1.82) is 0 Å². The predicted molar refractivity (Wildman–Crippen MR) is 92.6 cm³/mol. The zero-order chi connectivity index (χ0) is 18.2. The fraction of sp³-hybridized carbons (Fsp3) is 0.529. The van der Waals surface area contributed by atoms with Crippen molar-refractivity contribution in [3.63, 3.8) is 0 Å². The number of carboxylic acids is 1. The summed E-state index contributed by atoms with van der Waals surface area (Å²) in [6.45, 7) is 0.695. The Hall–Kier alpha value is -2.15. The number of likely N-dealkylation sites (tertiary alicyclic amines) is 1. The van der Waals surface area contributed by atoms with Crippen LogP contribution in [0.1, 0.15) is 19.3 Å².